The first-order valence-electron chi connectivity index (χ1n) is 5.77. The lowest BCUT2D eigenvalue weighted by molar-refractivity contribution is -0.123. The Labute approximate surface area is 115 Å². The second-order valence-electron chi connectivity index (χ2n) is 4.78. The topological polar surface area (TPSA) is 47.6 Å². The van der Waals surface area contributed by atoms with Crippen molar-refractivity contribution in [3.63, 3.8) is 0 Å². The van der Waals surface area contributed by atoms with Gasteiger partial charge in [0.15, 0.2) is 11.5 Å². The summed E-state index contributed by atoms with van der Waals surface area (Å²) in [6.07, 6.45) is 0. The third-order valence-electron chi connectivity index (χ3n) is 2.78. The molecule has 98 valence electrons. The molecule has 1 aromatic carbocycles. The second kappa shape index (κ2) is 4.80. The summed E-state index contributed by atoms with van der Waals surface area (Å²) in [6, 6.07) is 5.61. The molecule has 0 bridgehead atoms. The standard InChI is InChI=1S/C13H16BrNO3/c1-8(15-12(16)13(2,3)14)9-4-5-10-11(6-9)18-7-17-10/h4-6,8H,7H2,1-3H3,(H,15,16). The Balaban J connectivity index is 2.10. The first kappa shape index (κ1) is 13.2. The lowest BCUT2D eigenvalue weighted by atomic mass is 10.1. The van der Waals surface area contributed by atoms with Crippen LogP contribution in [0.2, 0.25) is 0 Å². The quantitative estimate of drug-likeness (QED) is 0.873. The molecule has 0 saturated heterocycles. The number of carbonyl (C=O) groups is 1. The van der Waals surface area contributed by atoms with Gasteiger partial charge < -0.3 is 14.8 Å². The molecule has 0 spiro atoms. The normalized spacial score (nSPS) is 15.3. The SMILES string of the molecule is CC(NC(=O)C(C)(C)Br)c1ccc2c(c1)OCO2. The van der Waals surface area contributed by atoms with Gasteiger partial charge in [-0.3, -0.25) is 4.79 Å². The van der Waals surface area contributed by atoms with Gasteiger partial charge in [0.2, 0.25) is 12.7 Å². The van der Waals surface area contributed by atoms with Crippen molar-refractivity contribution in [2.45, 2.75) is 31.1 Å². The number of rotatable bonds is 3. The number of alkyl halides is 1. The molecule has 1 aromatic rings. The van der Waals surface area contributed by atoms with E-state index in [1.165, 1.54) is 0 Å². The minimum atomic E-state index is -0.572. The Hall–Kier alpha value is -1.23. The van der Waals surface area contributed by atoms with Crippen LogP contribution in [0.3, 0.4) is 0 Å². The van der Waals surface area contributed by atoms with Crippen LogP contribution >= 0.6 is 15.9 Å². The summed E-state index contributed by atoms with van der Waals surface area (Å²) >= 11 is 3.34. The summed E-state index contributed by atoms with van der Waals surface area (Å²) in [6.45, 7) is 5.82. The number of hydrogen-bond donors (Lipinski definition) is 1. The van der Waals surface area contributed by atoms with Gasteiger partial charge in [0.1, 0.15) is 0 Å². The molecule has 1 aliphatic rings. The van der Waals surface area contributed by atoms with E-state index in [-0.39, 0.29) is 18.7 Å². The van der Waals surface area contributed by atoms with Crippen LogP contribution in [-0.4, -0.2) is 17.0 Å². The smallest absolute Gasteiger partial charge is 0.236 e. The third-order valence-corrected chi connectivity index (χ3v) is 3.14. The molecule has 1 amide bonds. The van der Waals surface area contributed by atoms with Gasteiger partial charge in [0, 0.05) is 0 Å². The van der Waals surface area contributed by atoms with Gasteiger partial charge in [0.25, 0.3) is 0 Å². The van der Waals surface area contributed by atoms with E-state index in [4.69, 9.17) is 9.47 Å². The van der Waals surface area contributed by atoms with Crippen molar-refractivity contribution in [1.82, 2.24) is 5.32 Å². The average Bonchev–Trinajstić information content (AvgIpc) is 2.74. The highest BCUT2D eigenvalue weighted by atomic mass is 79.9. The Bertz CT molecular complexity index is 468. The van der Waals surface area contributed by atoms with Crippen LogP contribution in [-0.2, 0) is 4.79 Å². The fraction of sp³-hybridized carbons (Fsp3) is 0.462. The van der Waals surface area contributed by atoms with E-state index in [0.717, 1.165) is 17.1 Å². The summed E-state index contributed by atoms with van der Waals surface area (Å²) in [7, 11) is 0. The van der Waals surface area contributed by atoms with Crippen LogP contribution in [0.4, 0.5) is 0 Å². The van der Waals surface area contributed by atoms with Crippen molar-refractivity contribution in [3.8, 4) is 11.5 Å². The minimum Gasteiger partial charge on any atom is -0.454 e. The van der Waals surface area contributed by atoms with Gasteiger partial charge in [-0.1, -0.05) is 22.0 Å². The average molecular weight is 314 g/mol. The summed E-state index contributed by atoms with van der Waals surface area (Å²) < 4.78 is 10.00. The van der Waals surface area contributed by atoms with E-state index in [1.54, 1.807) is 0 Å². The molecule has 0 fully saturated rings. The van der Waals surface area contributed by atoms with E-state index < -0.39 is 4.32 Å². The van der Waals surface area contributed by atoms with Gasteiger partial charge in [-0.2, -0.15) is 0 Å². The van der Waals surface area contributed by atoms with Gasteiger partial charge >= 0.3 is 0 Å². The summed E-state index contributed by atoms with van der Waals surface area (Å²) in [5.41, 5.74) is 0.990. The van der Waals surface area contributed by atoms with Crippen molar-refractivity contribution in [2.24, 2.45) is 0 Å². The zero-order valence-electron chi connectivity index (χ0n) is 10.6. The number of hydrogen-bond acceptors (Lipinski definition) is 3. The molecule has 0 aliphatic carbocycles. The first-order valence-corrected chi connectivity index (χ1v) is 6.56. The summed E-state index contributed by atoms with van der Waals surface area (Å²) in [4.78, 5) is 11.9. The van der Waals surface area contributed by atoms with E-state index >= 15 is 0 Å². The molecule has 1 atom stereocenters. The van der Waals surface area contributed by atoms with Crippen LogP contribution in [0.1, 0.15) is 32.4 Å². The number of ether oxygens (including phenoxy) is 2. The molecule has 1 heterocycles. The maximum absolute atomic E-state index is 11.9. The lowest BCUT2D eigenvalue weighted by Gasteiger charge is -2.21. The van der Waals surface area contributed by atoms with Gasteiger partial charge in [0.05, 0.1) is 10.4 Å². The predicted molar refractivity (Wildman–Crippen MR) is 72.1 cm³/mol. The fourth-order valence-electron chi connectivity index (χ4n) is 1.63. The van der Waals surface area contributed by atoms with Crippen LogP contribution in [0, 0.1) is 0 Å². The zero-order chi connectivity index (χ0) is 13.3. The minimum absolute atomic E-state index is 0.0485. The van der Waals surface area contributed by atoms with Gasteiger partial charge in [-0.15, -0.1) is 0 Å². The van der Waals surface area contributed by atoms with Crippen molar-refractivity contribution in [3.05, 3.63) is 23.8 Å². The first-order chi connectivity index (χ1) is 8.38. The van der Waals surface area contributed by atoms with Crippen molar-refractivity contribution >= 4 is 21.8 Å². The van der Waals surface area contributed by atoms with Crippen molar-refractivity contribution in [1.29, 1.82) is 0 Å². The number of fused-ring (bicyclic) bond motifs is 1. The van der Waals surface area contributed by atoms with Crippen molar-refractivity contribution < 1.29 is 14.3 Å². The van der Waals surface area contributed by atoms with Crippen LogP contribution in [0.25, 0.3) is 0 Å². The largest absolute Gasteiger partial charge is 0.454 e. The molecule has 0 aromatic heterocycles. The Morgan fingerprint density at radius 3 is 2.72 bits per heavy atom. The molecule has 2 rings (SSSR count). The fourth-order valence-corrected chi connectivity index (χ4v) is 1.75. The molecule has 1 unspecified atom stereocenters. The van der Waals surface area contributed by atoms with Crippen LogP contribution in [0.5, 0.6) is 11.5 Å². The second-order valence-corrected chi connectivity index (χ2v) is 6.76. The van der Waals surface area contributed by atoms with E-state index in [0.29, 0.717) is 0 Å². The van der Waals surface area contributed by atoms with E-state index in [9.17, 15) is 4.79 Å². The summed E-state index contributed by atoms with van der Waals surface area (Å²) in [5.74, 6) is 1.43. The molecule has 0 saturated carbocycles. The molecule has 1 aliphatic heterocycles. The molecule has 18 heavy (non-hydrogen) atoms. The lowest BCUT2D eigenvalue weighted by Crippen LogP contribution is -2.38. The van der Waals surface area contributed by atoms with Gasteiger partial charge in [-0.25, -0.2) is 0 Å². The summed E-state index contributed by atoms with van der Waals surface area (Å²) in [5, 5.41) is 2.95. The highest BCUT2D eigenvalue weighted by Crippen LogP contribution is 2.34. The number of benzene rings is 1. The Morgan fingerprint density at radius 1 is 1.39 bits per heavy atom. The van der Waals surface area contributed by atoms with Crippen LogP contribution < -0.4 is 14.8 Å². The van der Waals surface area contributed by atoms with Crippen LogP contribution in [0.15, 0.2) is 18.2 Å². The van der Waals surface area contributed by atoms with Gasteiger partial charge in [-0.05, 0) is 38.5 Å². The predicted octanol–water partition coefficient (Wildman–Crippen LogP) is 2.77. The molecule has 1 N–H and O–H groups in total. The van der Waals surface area contributed by atoms with E-state index in [1.807, 2.05) is 39.0 Å². The number of nitrogens with one attached hydrogen (secondary N) is 1. The van der Waals surface area contributed by atoms with E-state index in [2.05, 4.69) is 21.2 Å². The third kappa shape index (κ3) is 2.77. The number of halogens is 1. The maximum atomic E-state index is 11.9. The zero-order valence-corrected chi connectivity index (χ0v) is 12.2. The monoisotopic (exact) mass is 313 g/mol. The molecule has 0 radical (unpaired) electrons. The Kier molecular flexibility index (Phi) is 3.52. The molecular weight excluding hydrogens is 298 g/mol. The highest BCUT2D eigenvalue weighted by Gasteiger charge is 2.25. The van der Waals surface area contributed by atoms with Crippen molar-refractivity contribution in [2.75, 3.05) is 6.79 Å². The highest BCUT2D eigenvalue weighted by molar-refractivity contribution is 9.10. The maximum Gasteiger partial charge on any atom is 0.236 e. The Morgan fingerprint density at radius 2 is 2.06 bits per heavy atom. The molecule has 5 heteroatoms. The molecular formula is C13H16BrNO3. The number of carbonyl (C=O) groups excluding carboxylic acids is 1. The number of amides is 1. The molecule has 4 nitrogen and oxygen atoms in total.